The van der Waals surface area contributed by atoms with E-state index in [9.17, 15) is 27.6 Å². The molecule has 28 heavy (non-hydrogen) atoms. The lowest BCUT2D eigenvalue weighted by atomic mass is 9.94. The Labute approximate surface area is 159 Å². The largest absolute Gasteiger partial charge is 0.452 e. The third kappa shape index (κ3) is 5.67. The number of halogens is 3. The SMILES string of the molecule is Cc1ccc(C)c(C(=O)c2ccccc2C(=O)OCC(=O)NCC(F)(F)F)c1. The first-order chi connectivity index (χ1) is 13.1. The zero-order valence-electron chi connectivity index (χ0n) is 15.2. The van der Waals surface area contributed by atoms with Gasteiger partial charge in [-0.1, -0.05) is 35.9 Å². The fourth-order valence-electron chi connectivity index (χ4n) is 2.44. The number of rotatable bonds is 6. The first-order valence-electron chi connectivity index (χ1n) is 8.30. The van der Waals surface area contributed by atoms with Crippen LogP contribution in [-0.4, -0.2) is 37.0 Å². The van der Waals surface area contributed by atoms with Gasteiger partial charge in [-0.05, 0) is 31.5 Å². The Bertz CT molecular complexity index is 907. The predicted octanol–water partition coefficient (Wildman–Crippen LogP) is 3.37. The van der Waals surface area contributed by atoms with Crippen molar-refractivity contribution >= 4 is 17.7 Å². The summed E-state index contributed by atoms with van der Waals surface area (Å²) in [5.41, 5.74) is 2.03. The van der Waals surface area contributed by atoms with Gasteiger partial charge < -0.3 is 10.1 Å². The number of hydrogen-bond acceptors (Lipinski definition) is 4. The molecule has 0 fully saturated rings. The van der Waals surface area contributed by atoms with Crippen LogP contribution in [0.2, 0.25) is 0 Å². The second kappa shape index (κ2) is 8.69. The van der Waals surface area contributed by atoms with E-state index in [-0.39, 0.29) is 11.1 Å². The van der Waals surface area contributed by atoms with Gasteiger partial charge in [0.2, 0.25) is 0 Å². The molecule has 0 spiro atoms. The van der Waals surface area contributed by atoms with Crippen LogP contribution in [-0.2, 0) is 9.53 Å². The van der Waals surface area contributed by atoms with Crippen molar-refractivity contribution in [1.82, 2.24) is 5.32 Å². The Morgan fingerprint density at radius 3 is 2.25 bits per heavy atom. The summed E-state index contributed by atoms with van der Waals surface area (Å²) in [5, 5.41) is 1.60. The standard InChI is InChI=1S/C20H18F3NO4/c1-12-7-8-13(2)16(9-12)18(26)14-5-3-4-6-15(14)19(27)28-10-17(25)24-11-20(21,22)23/h3-9H,10-11H2,1-2H3,(H,24,25). The summed E-state index contributed by atoms with van der Waals surface area (Å²) < 4.78 is 41.0. The van der Waals surface area contributed by atoms with Gasteiger partial charge in [0.15, 0.2) is 12.4 Å². The van der Waals surface area contributed by atoms with Gasteiger partial charge in [0.25, 0.3) is 5.91 Å². The van der Waals surface area contributed by atoms with Crippen molar-refractivity contribution in [2.45, 2.75) is 20.0 Å². The van der Waals surface area contributed by atoms with Crippen molar-refractivity contribution in [1.29, 1.82) is 0 Å². The van der Waals surface area contributed by atoms with E-state index in [1.165, 1.54) is 18.2 Å². The zero-order valence-corrected chi connectivity index (χ0v) is 15.2. The number of hydrogen-bond donors (Lipinski definition) is 1. The molecule has 8 heteroatoms. The summed E-state index contributed by atoms with van der Waals surface area (Å²) in [6.45, 7) is 1.18. The van der Waals surface area contributed by atoms with Gasteiger partial charge in [0, 0.05) is 11.1 Å². The number of amides is 1. The molecule has 0 aliphatic heterocycles. The number of carbonyl (C=O) groups is 3. The lowest BCUT2D eigenvalue weighted by molar-refractivity contribution is -0.140. The van der Waals surface area contributed by atoms with Gasteiger partial charge in [-0.2, -0.15) is 13.2 Å². The number of carbonyl (C=O) groups excluding carboxylic acids is 3. The summed E-state index contributed by atoms with van der Waals surface area (Å²) in [6.07, 6.45) is -4.57. The second-order valence-corrected chi connectivity index (χ2v) is 6.16. The summed E-state index contributed by atoms with van der Waals surface area (Å²) in [5.74, 6) is -2.46. The summed E-state index contributed by atoms with van der Waals surface area (Å²) in [6, 6.07) is 11.2. The first kappa shape index (κ1) is 21.1. The van der Waals surface area contributed by atoms with Gasteiger partial charge in [0.05, 0.1) is 5.56 Å². The molecule has 0 radical (unpaired) electrons. The molecule has 0 atom stereocenters. The van der Waals surface area contributed by atoms with E-state index in [0.717, 1.165) is 11.1 Å². The molecule has 148 valence electrons. The van der Waals surface area contributed by atoms with E-state index in [2.05, 4.69) is 0 Å². The molecule has 0 unspecified atom stereocenters. The summed E-state index contributed by atoms with van der Waals surface area (Å²) >= 11 is 0. The smallest absolute Gasteiger partial charge is 0.405 e. The average Bonchev–Trinajstić information content (AvgIpc) is 2.65. The average molecular weight is 393 g/mol. The second-order valence-electron chi connectivity index (χ2n) is 6.16. The lowest BCUT2D eigenvalue weighted by Crippen LogP contribution is -2.36. The number of nitrogens with one attached hydrogen (secondary N) is 1. The lowest BCUT2D eigenvalue weighted by Gasteiger charge is -2.11. The third-order valence-corrected chi connectivity index (χ3v) is 3.85. The van der Waals surface area contributed by atoms with E-state index in [4.69, 9.17) is 4.74 Å². The minimum Gasteiger partial charge on any atom is -0.452 e. The fraction of sp³-hybridized carbons (Fsp3) is 0.250. The highest BCUT2D eigenvalue weighted by Crippen LogP contribution is 2.19. The predicted molar refractivity (Wildman–Crippen MR) is 95.1 cm³/mol. The quantitative estimate of drug-likeness (QED) is 0.603. The maximum absolute atomic E-state index is 12.9. The van der Waals surface area contributed by atoms with Crippen LogP contribution < -0.4 is 5.32 Å². The Balaban J connectivity index is 2.15. The van der Waals surface area contributed by atoms with Crippen LogP contribution >= 0.6 is 0 Å². The molecule has 0 saturated heterocycles. The molecule has 0 saturated carbocycles. The Morgan fingerprint density at radius 2 is 1.61 bits per heavy atom. The van der Waals surface area contributed by atoms with E-state index in [1.807, 2.05) is 13.0 Å². The topological polar surface area (TPSA) is 72.5 Å². The first-order valence-corrected chi connectivity index (χ1v) is 8.30. The van der Waals surface area contributed by atoms with Crippen LogP contribution in [0, 0.1) is 13.8 Å². The van der Waals surface area contributed by atoms with Crippen molar-refractivity contribution in [2.24, 2.45) is 0 Å². The molecule has 5 nitrogen and oxygen atoms in total. The fourth-order valence-corrected chi connectivity index (χ4v) is 2.44. The molecule has 0 aromatic heterocycles. The number of benzene rings is 2. The monoisotopic (exact) mass is 393 g/mol. The van der Waals surface area contributed by atoms with E-state index < -0.39 is 37.0 Å². The molecule has 0 aliphatic carbocycles. The van der Waals surface area contributed by atoms with Gasteiger partial charge in [-0.3, -0.25) is 9.59 Å². The molecular formula is C20H18F3NO4. The molecule has 1 amide bonds. The molecule has 2 aromatic rings. The Kier molecular flexibility index (Phi) is 6.56. The van der Waals surface area contributed by atoms with E-state index >= 15 is 0 Å². The Hall–Kier alpha value is -3.16. The molecule has 0 bridgehead atoms. The van der Waals surface area contributed by atoms with Crippen molar-refractivity contribution in [3.63, 3.8) is 0 Å². The molecule has 2 rings (SSSR count). The van der Waals surface area contributed by atoms with Gasteiger partial charge in [0.1, 0.15) is 6.54 Å². The van der Waals surface area contributed by atoms with Crippen molar-refractivity contribution in [3.05, 3.63) is 70.3 Å². The summed E-state index contributed by atoms with van der Waals surface area (Å²) in [7, 11) is 0. The third-order valence-electron chi connectivity index (χ3n) is 3.85. The number of alkyl halides is 3. The van der Waals surface area contributed by atoms with Crippen LogP contribution in [0.25, 0.3) is 0 Å². The van der Waals surface area contributed by atoms with Gasteiger partial charge >= 0.3 is 12.1 Å². The zero-order chi connectivity index (χ0) is 20.9. The highest BCUT2D eigenvalue weighted by molar-refractivity contribution is 6.15. The van der Waals surface area contributed by atoms with Crippen molar-refractivity contribution < 1.29 is 32.3 Å². The molecular weight excluding hydrogens is 375 g/mol. The van der Waals surface area contributed by atoms with Gasteiger partial charge in [-0.15, -0.1) is 0 Å². The minimum absolute atomic E-state index is 0.0722. The van der Waals surface area contributed by atoms with E-state index in [1.54, 1.807) is 30.4 Å². The maximum Gasteiger partial charge on any atom is 0.405 e. The molecule has 0 heterocycles. The molecule has 2 aromatic carbocycles. The number of ketones is 1. The van der Waals surface area contributed by atoms with Crippen molar-refractivity contribution in [2.75, 3.05) is 13.2 Å². The highest BCUT2D eigenvalue weighted by atomic mass is 19.4. The van der Waals surface area contributed by atoms with Crippen LogP contribution in [0.15, 0.2) is 42.5 Å². The van der Waals surface area contributed by atoms with Crippen LogP contribution in [0.1, 0.15) is 37.4 Å². The van der Waals surface area contributed by atoms with Crippen molar-refractivity contribution in [3.8, 4) is 0 Å². The van der Waals surface area contributed by atoms with E-state index in [0.29, 0.717) is 5.56 Å². The summed E-state index contributed by atoms with van der Waals surface area (Å²) in [4.78, 5) is 36.6. The van der Waals surface area contributed by atoms with Gasteiger partial charge in [-0.25, -0.2) is 4.79 Å². The van der Waals surface area contributed by atoms with Crippen LogP contribution in [0.5, 0.6) is 0 Å². The van der Waals surface area contributed by atoms with Crippen LogP contribution in [0.3, 0.4) is 0 Å². The normalized spacial score (nSPS) is 11.0. The van der Waals surface area contributed by atoms with Crippen LogP contribution in [0.4, 0.5) is 13.2 Å². The Morgan fingerprint density at radius 1 is 0.964 bits per heavy atom. The number of esters is 1. The number of aryl methyl sites for hydroxylation is 2. The maximum atomic E-state index is 12.9. The highest BCUT2D eigenvalue weighted by Gasteiger charge is 2.28. The minimum atomic E-state index is -4.57. The molecule has 1 N–H and O–H groups in total. The molecule has 0 aliphatic rings. The number of ether oxygens (including phenoxy) is 1.